The number of aliphatic hydroxyl groups is 1. The molecular weight excluding hydrogens is 492 g/mol. The van der Waals surface area contributed by atoms with Gasteiger partial charge in [0, 0.05) is 35.9 Å². The summed E-state index contributed by atoms with van der Waals surface area (Å²) in [6, 6.07) is 16.2. The molecule has 3 aliphatic rings. The first-order valence-electron chi connectivity index (χ1n) is 11.8. The Hall–Kier alpha value is -2.41. The zero-order valence-electron chi connectivity index (χ0n) is 19.9. The molecule has 5 nitrogen and oxygen atoms in total. The van der Waals surface area contributed by atoms with Gasteiger partial charge < -0.3 is 36.0 Å². The normalized spacial score (nSPS) is 26.5. The van der Waals surface area contributed by atoms with Crippen molar-refractivity contribution in [3.8, 4) is 11.5 Å². The minimum Gasteiger partial charge on any atom is -1.00 e. The van der Waals surface area contributed by atoms with E-state index < -0.39 is 6.10 Å². The van der Waals surface area contributed by atoms with Gasteiger partial charge in [-0.25, -0.2) is 0 Å². The number of para-hydroxylation sites is 1. The molecule has 0 amide bonds. The van der Waals surface area contributed by atoms with Gasteiger partial charge in [-0.1, -0.05) is 18.2 Å². The summed E-state index contributed by atoms with van der Waals surface area (Å²) in [6.45, 7) is 7.04. The number of benzene rings is 2. The molecule has 3 fully saturated rings. The van der Waals surface area contributed by atoms with Crippen LogP contribution < -0.4 is 26.5 Å². The zero-order valence-corrected chi connectivity index (χ0v) is 21.4. The monoisotopic (exact) mass is 524 g/mol. The summed E-state index contributed by atoms with van der Waals surface area (Å²) in [6.07, 6.45) is 5.50. The number of pyridine rings is 1. The van der Waals surface area contributed by atoms with E-state index in [9.17, 15) is 5.11 Å². The number of fused-ring (bicyclic) bond motifs is 4. The van der Waals surface area contributed by atoms with E-state index in [0.29, 0.717) is 11.8 Å². The van der Waals surface area contributed by atoms with Crippen LogP contribution in [-0.2, 0) is 6.54 Å². The lowest BCUT2D eigenvalue weighted by molar-refractivity contribution is -0.984. The third-order valence-corrected chi connectivity index (χ3v) is 8.02. The second-order valence-corrected chi connectivity index (χ2v) is 9.57. The Kier molecular flexibility index (Phi) is 7.31. The summed E-state index contributed by atoms with van der Waals surface area (Å²) in [7, 11) is 3.40. The van der Waals surface area contributed by atoms with Crippen LogP contribution in [0.2, 0.25) is 0 Å². The van der Waals surface area contributed by atoms with Gasteiger partial charge in [0.05, 0.1) is 32.8 Å². The van der Waals surface area contributed by atoms with Crippen LogP contribution in [-0.4, -0.2) is 47.9 Å². The molecule has 3 aliphatic heterocycles. The van der Waals surface area contributed by atoms with E-state index >= 15 is 0 Å². The molecular formula is C28H33BrN2O3. The molecule has 0 saturated carbocycles. The third-order valence-electron chi connectivity index (χ3n) is 8.02. The molecule has 3 aromatic rings. The maximum Gasteiger partial charge on any atom is 0.131 e. The van der Waals surface area contributed by atoms with Crippen LogP contribution in [0.1, 0.15) is 30.1 Å². The molecule has 1 aromatic heterocycles. The van der Waals surface area contributed by atoms with Crippen molar-refractivity contribution in [1.29, 1.82) is 0 Å². The minimum absolute atomic E-state index is 0. The summed E-state index contributed by atoms with van der Waals surface area (Å²) >= 11 is 0. The van der Waals surface area contributed by atoms with Gasteiger partial charge in [-0.15, -0.1) is 6.58 Å². The average Bonchev–Trinajstić information content (AvgIpc) is 2.87. The Morgan fingerprint density at radius 3 is 2.76 bits per heavy atom. The Morgan fingerprint density at radius 1 is 1.18 bits per heavy atom. The standard InChI is InChI=1S/C28H33N2O3.BrH/c1-4-19-17-30(18-21-7-5-6-8-27(21)33-3)14-12-20(19)15-26(30)28(31)23-11-13-29-25-10-9-22(32-2)16-24(23)25;/h4-11,13,16,19-20,26,28,31H,1,12,14-15,17-18H2,2-3H3;1H/q+1;/p-1/t19-,20-,26-,28+,30?;/m0./s1. The predicted octanol–water partition coefficient (Wildman–Crippen LogP) is 1.90. The van der Waals surface area contributed by atoms with Gasteiger partial charge in [0.15, 0.2) is 0 Å². The molecule has 6 rings (SSSR count). The van der Waals surface area contributed by atoms with E-state index in [1.54, 1.807) is 20.4 Å². The Morgan fingerprint density at radius 2 is 2.00 bits per heavy atom. The van der Waals surface area contributed by atoms with Crippen molar-refractivity contribution in [3.63, 3.8) is 0 Å². The lowest BCUT2D eigenvalue weighted by Gasteiger charge is -2.58. The van der Waals surface area contributed by atoms with Gasteiger partial charge in [-0.05, 0) is 47.9 Å². The molecule has 180 valence electrons. The molecule has 34 heavy (non-hydrogen) atoms. The lowest BCUT2D eigenvalue weighted by atomic mass is 9.71. The molecule has 1 unspecified atom stereocenters. The highest BCUT2D eigenvalue weighted by molar-refractivity contribution is 5.83. The summed E-state index contributed by atoms with van der Waals surface area (Å²) in [4.78, 5) is 4.52. The number of aliphatic hydroxyl groups excluding tert-OH is 1. The fraction of sp³-hybridized carbons (Fsp3) is 0.393. The minimum atomic E-state index is -0.592. The van der Waals surface area contributed by atoms with Gasteiger partial charge in [0.2, 0.25) is 0 Å². The highest BCUT2D eigenvalue weighted by atomic mass is 79.9. The van der Waals surface area contributed by atoms with E-state index in [-0.39, 0.29) is 23.0 Å². The van der Waals surface area contributed by atoms with Crippen molar-refractivity contribution in [2.45, 2.75) is 31.5 Å². The molecule has 1 N–H and O–H groups in total. The number of hydrogen-bond donors (Lipinski definition) is 1. The fourth-order valence-corrected chi connectivity index (χ4v) is 6.29. The maximum absolute atomic E-state index is 11.9. The second-order valence-electron chi connectivity index (χ2n) is 9.57. The molecule has 2 bridgehead atoms. The first kappa shape index (κ1) is 24.7. The lowest BCUT2D eigenvalue weighted by Crippen LogP contribution is -3.00. The van der Waals surface area contributed by atoms with Crippen molar-refractivity contribution >= 4 is 10.9 Å². The Bertz CT molecular complexity index is 1170. The number of rotatable bonds is 7. The van der Waals surface area contributed by atoms with E-state index in [1.807, 2.05) is 36.4 Å². The van der Waals surface area contributed by atoms with Gasteiger partial charge >= 0.3 is 0 Å². The average molecular weight is 525 g/mol. The summed E-state index contributed by atoms with van der Waals surface area (Å²) < 4.78 is 12.0. The van der Waals surface area contributed by atoms with Crippen LogP contribution >= 0.6 is 0 Å². The number of piperidine rings is 3. The molecule has 2 aromatic carbocycles. The van der Waals surface area contributed by atoms with Crippen molar-refractivity contribution in [1.82, 2.24) is 4.98 Å². The molecule has 4 heterocycles. The van der Waals surface area contributed by atoms with Gasteiger partial charge in [-0.3, -0.25) is 4.98 Å². The van der Waals surface area contributed by atoms with Crippen LogP contribution in [0.3, 0.4) is 0 Å². The molecule has 5 atom stereocenters. The first-order chi connectivity index (χ1) is 16.1. The number of nitrogens with zero attached hydrogens (tertiary/aromatic N) is 2. The van der Waals surface area contributed by atoms with Crippen LogP contribution in [0.5, 0.6) is 11.5 Å². The fourth-order valence-electron chi connectivity index (χ4n) is 6.29. The summed E-state index contributed by atoms with van der Waals surface area (Å²) in [5.74, 6) is 2.74. The zero-order chi connectivity index (χ0) is 23.0. The molecule has 0 radical (unpaired) electrons. The van der Waals surface area contributed by atoms with Crippen LogP contribution in [0.25, 0.3) is 10.9 Å². The molecule has 3 saturated heterocycles. The second kappa shape index (κ2) is 10.1. The number of quaternary nitrogens is 1. The Labute approximate surface area is 212 Å². The van der Waals surface area contributed by atoms with Gasteiger partial charge in [0.1, 0.15) is 30.2 Å². The van der Waals surface area contributed by atoms with Crippen LogP contribution in [0.4, 0.5) is 0 Å². The van der Waals surface area contributed by atoms with Gasteiger partial charge in [-0.2, -0.15) is 0 Å². The topological polar surface area (TPSA) is 51.6 Å². The van der Waals surface area contributed by atoms with Crippen LogP contribution in [0, 0.1) is 11.8 Å². The van der Waals surface area contributed by atoms with Crippen molar-refractivity contribution in [2.24, 2.45) is 11.8 Å². The third kappa shape index (κ3) is 4.23. The van der Waals surface area contributed by atoms with E-state index in [4.69, 9.17) is 9.47 Å². The SMILES string of the molecule is C=C[C@H]1C[N+]2(Cc3ccccc3OC)CC[C@H]1C[C@H]2[C@H](O)c1ccnc2ccc(OC)cc12.[Br-]. The van der Waals surface area contributed by atoms with Crippen molar-refractivity contribution in [3.05, 3.63) is 78.5 Å². The number of hydrogen-bond acceptors (Lipinski definition) is 4. The highest BCUT2D eigenvalue weighted by Crippen LogP contribution is 2.48. The predicted molar refractivity (Wildman–Crippen MR) is 130 cm³/mol. The van der Waals surface area contributed by atoms with E-state index in [1.165, 1.54) is 12.0 Å². The number of aromatic nitrogens is 1. The Balaban J connectivity index is 0.00000274. The summed E-state index contributed by atoms with van der Waals surface area (Å²) in [5.41, 5.74) is 3.01. The summed E-state index contributed by atoms with van der Waals surface area (Å²) in [5, 5.41) is 12.9. The number of methoxy groups -OCH3 is 2. The molecule has 0 spiro atoms. The van der Waals surface area contributed by atoms with E-state index in [0.717, 1.165) is 58.5 Å². The van der Waals surface area contributed by atoms with E-state index in [2.05, 4.69) is 29.8 Å². The smallest absolute Gasteiger partial charge is 0.131 e. The highest BCUT2D eigenvalue weighted by Gasteiger charge is 2.54. The first-order valence-corrected chi connectivity index (χ1v) is 11.8. The van der Waals surface area contributed by atoms with Crippen LogP contribution in [0.15, 0.2) is 67.4 Å². The number of halogens is 1. The number of ether oxygens (including phenoxy) is 2. The largest absolute Gasteiger partial charge is 1.00 e. The molecule has 0 aliphatic carbocycles. The van der Waals surface area contributed by atoms with Gasteiger partial charge in [0.25, 0.3) is 0 Å². The molecule has 6 heteroatoms. The maximum atomic E-state index is 11.9. The van der Waals surface area contributed by atoms with Crippen molar-refractivity contribution in [2.75, 3.05) is 27.3 Å². The van der Waals surface area contributed by atoms with Crippen molar-refractivity contribution < 1.29 is 36.0 Å². The quantitative estimate of drug-likeness (QED) is 0.379.